The lowest BCUT2D eigenvalue weighted by Gasteiger charge is -2.51. The molecule has 3 aromatic rings. The van der Waals surface area contributed by atoms with Crippen LogP contribution >= 0.6 is 0 Å². The standard InChI is InChI=1S/C38H55NO6/c1-5-9-20-40-28-34-35(41-21-10-6-2)36(42-22-11-7-3)37(43-23-12-8-4)38(45-34)32-25-33-30(24-31(32)27-44-38)18-19-39(33)26-29-16-14-13-15-17-29/h13-19,24-25,34-37H,5-12,20-23,26-28H2,1-4H3/t34-,35-,36+,37-,38+/m1/s1. The van der Waals surface area contributed by atoms with Crippen LogP contribution in [0, 0.1) is 0 Å². The number of aromatic nitrogens is 1. The molecular weight excluding hydrogens is 566 g/mol. The number of fused-ring (bicyclic) bond motifs is 3. The zero-order valence-electron chi connectivity index (χ0n) is 28.0. The van der Waals surface area contributed by atoms with Crippen LogP contribution in [0.25, 0.3) is 10.9 Å². The molecular formula is C38H55NO6. The molecule has 2 aromatic carbocycles. The minimum Gasteiger partial charge on any atom is -0.379 e. The molecule has 0 saturated carbocycles. The number of unbranched alkanes of at least 4 members (excludes halogenated alkanes) is 4. The Kier molecular flexibility index (Phi) is 12.9. The fourth-order valence-corrected chi connectivity index (χ4v) is 6.45. The zero-order valence-corrected chi connectivity index (χ0v) is 28.0. The fraction of sp³-hybridized carbons (Fsp3) is 0.632. The van der Waals surface area contributed by atoms with E-state index in [1.54, 1.807) is 0 Å². The monoisotopic (exact) mass is 621 g/mol. The van der Waals surface area contributed by atoms with E-state index in [-0.39, 0.29) is 18.3 Å². The maximum atomic E-state index is 7.16. The van der Waals surface area contributed by atoms with Gasteiger partial charge < -0.3 is 33.0 Å². The van der Waals surface area contributed by atoms with Crippen LogP contribution in [0.1, 0.15) is 95.8 Å². The SMILES string of the molecule is CCCCOC[C@H]1O[C@]2(OCc3cc4ccn(Cc5ccccc5)c4cc32)[C@H](OCCCC)[C@@H](OCCCC)[C@@H]1OCCCC. The Morgan fingerprint density at radius 2 is 1.44 bits per heavy atom. The molecule has 7 heteroatoms. The molecule has 1 saturated heterocycles. The second kappa shape index (κ2) is 17.1. The Balaban J connectivity index is 1.56. The summed E-state index contributed by atoms with van der Waals surface area (Å²) in [6.45, 7) is 13.0. The van der Waals surface area contributed by atoms with Gasteiger partial charge in [-0.2, -0.15) is 0 Å². The van der Waals surface area contributed by atoms with E-state index >= 15 is 0 Å². The molecule has 3 heterocycles. The van der Waals surface area contributed by atoms with E-state index in [0.717, 1.165) is 74.6 Å². The highest BCUT2D eigenvalue weighted by Crippen LogP contribution is 2.49. The first-order valence-corrected chi connectivity index (χ1v) is 17.6. The molecule has 0 aliphatic carbocycles. The van der Waals surface area contributed by atoms with Crippen LogP contribution < -0.4 is 0 Å². The molecule has 5 rings (SSSR count). The lowest BCUT2D eigenvalue weighted by Crippen LogP contribution is -2.66. The molecule has 5 atom stereocenters. The zero-order chi connectivity index (χ0) is 31.5. The predicted molar refractivity (Wildman–Crippen MR) is 178 cm³/mol. The van der Waals surface area contributed by atoms with Gasteiger partial charge in [0, 0.05) is 50.2 Å². The predicted octanol–water partition coefficient (Wildman–Crippen LogP) is 8.14. The van der Waals surface area contributed by atoms with Crippen LogP contribution in [-0.4, -0.2) is 62.0 Å². The Bertz CT molecular complexity index is 1290. The van der Waals surface area contributed by atoms with Crippen molar-refractivity contribution in [3.63, 3.8) is 0 Å². The summed E-state index contributed by atoms with van der Waals surface area (Å²) < 4.78 is 42.7. The van der Waals surface area contributed by atoms with Gasteiger partial charge in [0.25, 0.3) is 0 Å². The summed E-state index contributed by atoms with van der Waals surface area (Å²) in [4.78, 5) is 0. The quantitative estimate of drug-likeness (QED) is 0.126. The highest BCUT2D eigenvalue weighted by atomic mass is 16.7. The van der Waals surface area contributed by atoms with E-state index in [1.807, 2.05) is 0 Å². The van der Waals surface area contributed by atoms with Crippen molar-refractivity contribution in [3.8, 4) is 0 Å². The van der Waals surface area contributed by atoms with Crippen molar-refractivity contribution in [2.75, 3.05) is 33.0 Å². The van der Waals surface area contributed by atoms with E-state index in [2.05, 4.69) is 87.0 Å². The number of nitrogens with zero attached hydrogens (tertiary/aromatic N) is 1. The van der Waals surface area contributed by atoms with Crippen LogP contribution in [0.3, 0.4) is 0 Å². The Morgan fingerprint density at radius 3 is 2.16 bits per heavy atom. The van der Waals surface area contributed by atoms with Crippen LogP contribution in [-0.2, 0) is 47.4 Å². The van der Waals surface area contributed by atoms with Crippen LogP contribution in [0.5, 0.6) is 0 Å². The van der Waals surface area contributed by atoms with Crippen molar-refractivity contribution < 1.29 is 28.4 Å². The van der Waals surface area contributed by atoms with E-state index < -0.39 is 11.9 Å². The van der Waals surface area contributed by atoms with Crippen molar-refractivity contribution in [2.24, 2.45) is 0 Å². The van der Waals surface area contributed by atoms with E-state index in [1.165, 1.54) is 10.9 Å². The summed E-state index contributed by atoms with van der Waals surface area (Å²) in [5, 5.41) is 1.19. The summed E-state index contributed by atoms with van der Waals surface area (Å²) in [7, 11) is 0. The van der Waals surface area contributed by atoms with Gasteiger partial charge in [0.2, 0.25) is 5.79 Å². The second-order valence-electron chi connectivity index (χ2n) is 12.6. The van der Waals surface area contributed by atoms with Gasteiger partial charge in [-0.05, 0) is 60.4 Å². The topological polar surface area (TPSA) is 60.3 Å². The molecule has 1 fully saturated rings. The first kappa shape index (κ1) is 34.1. The van der Waals surface area contributed by atoms with Crippen molar-refractivity contribution >= 4 is 10.9 Å². The number of ether oxygens (including phenoxy) is 6. The van der Waals surface area contributed by atoms with Crippen molar-refractivity contribution in [1.29, 1.82) is 0 Å². The highest BCUT2D eigenvalue weighted by molar-refractivity contribution is 5.82. The minimum atomic E-state index is -1.13. The van der Waals surface area contributed by atoms with Crippen LogP contribution in [0.15, 0.2) is 54.7 Å². The summed E-state index contributed by atoms with van der Waals surface area (Å²) in [5.41, 5.74) is 4.57. The van der Waals surface area contributed by atoms with Gasteiger partial charge >= 0.3 is 0 Å². The third kappa shape index (κ3) is 8.01. The van der Waals surface area contributed by atoms with E-state index in [0.29, 0.717) is 39.6 Å². The van der Waals surface area contributed by atoms with Gasteiger partial charge in [-0.3, -0.25) is 0 Å². The largest absolute Gasteiger partial charge is 0.379 e. The molecule has 45 heavy (non-hydrogen) atoms. The molecule has 2 aliphatic heterocycles. The summed E-state index contributed by atoms with van der Waals surface area (Å²) in [6, 6.07) is 17.3. The maximum Gasteiger partial charge on any atom is 0.226 e. The molecule has 0 N–H and O–H groups in total. The van der Waals surface area contributed by atoms with E-state index in [4.69, 9.17) is 28.4 Å². The Morgan fingerprint density at radius 1 is 0.778 bits per heavy atom. The summed E-state index contributed by atoms with van der Waals surface area (Å²) in [5.74, 6) is -1.13. The molecule has 1 aromatic heterocycles. The van der Waals surface area contributed by atoms with Crippen molar-refractivity contribution in [1.82, 2.24) is 4.57 Å². The van der Waals surface area contributed by atoms with Gasteiger partial charge in [-0.15, -0.1) is 0 Å². The van der Waals surface area contributed by atoms with E-state index in [9.17, 15) is 0 Å². The smallest absolute Gasteiger partial charge is 0.226 e. The van der Waals surface area contributed by atoms with Gasteiger partial charge in [-0.25, -0.2) is 0 Å². The van der Waals surface area contributed by atoms with Gasteiger partial charge in [0.05, 0.1) is 13.2 Å². The average molecular weight is 622 g/mol. The molecule has 2 aliphatic rings. The molecule has 0 unspecified atom stereocenters. The molecule has 1 spiro atoms. The van der Waals surface area contributed by atoms with Gasteiger partial charge in [0.15, 0.2) is 0 Å². The normalized spacial score (nSPS) is 24.5. The van der Waals surface area contributed by atoms with Gasteiger partial charge in [-0.1, -0.05) is 83.7 Å². The number of hydrogen-bond acceptors (Lipinski definition) is 6. The molecule has 0 bridgehead atoms. The Labute approximate surface area is 270 Å². The molecule has 0 amide bonds. The molecule has 248 valence electrons. The third-order valence-corrected chi connectivity index (χ3v) is 9.03. The highest BCUT2D eigenvalue weighted by Gasteiger charge is 2.61. The number of benzene rings is 2. The summed E-state index contributed by atoms with van der Waals surface area (Å²) >= 11 is 0. The molecule has 0 radical (unpaired) electrons. The first-order chi connectivity index (χ1) is 22.1. The maximum absolute atomic E-state index is 7.16. The number of rotatable bonds is 19. The third-order valence-electron chi connectivity index (χ3n) is 9.03. The first-order valence-electron chi connectivity index (χ1n) is 17.6. The van der Waals surface area contributed by atoms with Crippen molar-refractivity contribution in [2.45, 2.75) is 122 Å². The molecule has 7 nitrogen and oxygen atoms in total. The minimum absolute atomic E-state index is 0.328. The Hall–Kier alpha value is -2.26. The van der Waals surface area contributed by atoms with Crippen molar-refractivity contribution in [3.05, 3.63) is 71.4 Å². The van der Waals surface area contributed by atoms with Gasteiger partial charge in [0.1, 0.15) is 24.4 Å². The number of hydrogen-bond donors (Lipinski definition) is 0. The summed E-state index contributed by atoms with van der Waals surface area (Å²) in [6.07, 6.45) is 8.76. The average Bonchev–Trinajstić information content (AvgIpc) is 3.62. The van der Waals surface area contributed by atoms with Crippen LogP contribution in [0.4, 0.5) is 0 Å². The van der Waals surface area contributed by atoms with Crippen LogP contribution in [0.2, 0.25) is 0 Å². The fourth-order valence-electron chi connectivity index (χ4n) is 6.45. The lowest BCUT2D eigenvalue weighted by atomic mass is 9.86. The lowest BCUT2D eigenvalue weighted by molar-refractivity contribution is -0.384. The second-order valence-corrected chi connectivity index (χ2v) is 12.6.